The number of benzene rings is 1. The molecule has 1 aliphatic carbocycles. The quantitative estimate of drug-likeness (QED) is 0.880. The normalized spacial score (nSPS) is 16.7. The van der Waals surface area contributed by atoms with Crippen LogP contribution in [0.1, 0.15) is 54.7 Å². The predicted octanol–water partition coefficient (Wildman–Crippen LogP) is 3.73. The van der Waals surface area contributed by atoms with Crippen LogP contribution in [0.25, 0.3) is 0 Å². The van der Waals surface area contributed by atoms with Crippen molar-refractivity contribution >= 4 is 0 Å². The van der Waals surface area contributed by atoms with E-state index in [-0.39, 0.29) is 0 Å². The zero-order chi connectivity index (χ0) is 13.7. The van der Waals surface area contributed by atoms with Crippen LogP contribution in [0, 0.1) is 0 Å². The summed E-state index contributed by atoms with van der Waals surface area (Å²) in [6.45, 7) is 0.895. The molecule has 1 fully saturated rings. The molecule has 0 saturated heterocycles. The van der Waals surface area contributed by atoms with E-state index in [1.165, 1.54) is 37.7 Å². The molecule has 0 aliphatic heterocycles. The summed E-state index contributed by atoms with van der Waals surface area (Å²) < 4.78 is 10.4. The minimum absolute atomic E-state index is 0.322. The summed E-state index contributed by atoms with van der Waals surface area (Å²) in [7, 11) is 3.31. The van der Waals surface area contributed by atoms with Gasteiger partial charge in [-0.3, -0.25) is 0 Å². The second-order valence-corrected chi connectivity index (χ2v) is 5.39. The molecule has 106 valence electrons. The van der Waals surface area contributed by atoms with E-state index in [4.69, 9.17) is 9.47 Å². The second kappa shape index (κ2) is 6.92. The van der Waals surface area contributed by atoms with Gasteiger partial charge in [0.25, 0.3) is 0 Å². The molecule has 1 aliphatic rings. The Bertz CT molecular complexity index is 381. The second-order valence-electron chi connectivity index (χ2n) is 5.39. The lowest BCUT2D eigenvalue weighted by atomic mass is 9.83. The predicted molar refractivity (Wildman–Crippen MR) is 75.4 cm³/mol. The number of hydrogen-bond acceptors (Lipinski definition) is 3. The Labute approximate surface area is 115 Å². The van der Waals surface area contributed by atoms with Crippen molar-refractivity contribution in [2.75, 3.05) is 14.2 Å². The molecule has 2 rings (SSSR count). The van der Waals surface area contributed by atoms with E-state index in [1.54, 1.807) is 14.2 Å². The number of aromatic hydroxyl groups is 1. The average Bonchev–Trinajstić information content (AvgIpc) is 2.44. The van der Waals surface area contributed by atoms with E-state index in [0.717, 1.165) is 11.1 Å². The zero-order valence-corrected chi connectivity index (χ0v) is 11.9. The fourth-order valence-corrected chi connectivity index (χ4v) is 2.99. The Balaban J connectivity index is 2.30. The van der Waals surface area contributed by atoms with Crippen LogP contribution in [-0.2, 0) is 22.7 Å². The number of phenolic OH excluding ortho intramolecular Hbond substituents is 1. The van der Waals surface area contributed by atoms with Crippen molar-refractivity contribution in [1.82, 2.24) is 0 Å². The van der Waals surface area contributed by atoms with Gasteiger partial charge in [-0.15, -0.1) is 0 Å². The number of hydrogen-bond donors (Lipinski definition) is 1. The van der Waals surface area contributed by atoms with Crippen LogP contribution < -0.4 is 0 Å². The lowest BCUT2D eigenvalue weighted by Gasteiger charge is -2.23. The van der Waals surface area contributed by atoms with Crippen LogP contribution in [0.5, 0.6) is 5.75 Å². The Morgan fingerprint density at radius 2 is 1.53 bits per heavy atom. The molecule has 0 unspecified atom stereocenters. The molecule has 1 N–H and O–H groups in total. The Morgan fingerprint density at radius 3 is 2.00 bits per heavy atom. The highest BCUT2D eigenvalue weighted by Gasteiger charge is 2.19. The highest BCUT2D eigenvalue weighted by Crippen LogP contribution is 2.36. The van der Waals surface area contributed by atoms with Gasteiger partial charge in [-0.25, -0.2) is 0 Å². The maximum absolute atomic E-state index is 10.2. The van der Waals surface area contributed by atoms with Gasteiger partial charge in [-0.1, -0.05) is 19.3 Å². The topological polar surface area (TPSA) is 38.7 Å². The molecule has 1 aromatic carbocycles. The summed E-state index contributed by atoms with van der Waals surface area (Å²) in [4.78, 5) is 0. The first kappa shape index (κ1) is 14.4. The van der Waals surface area contributed by atoms with E-state index in [1.807, 2.05) is 0 Å². The van der Waals surface area contributed by atoms with E-state index in [2.05, 4.69) is 12.1 Å². The molecule has 0 radical (unpaired) electrons. The maximum Gasteiger partial charge on any atom is 0.126 e. The Hall–Kier alpha value is -1.06. The summed E-state index contributed by atoms with van der Waals surface area (Å²) in [5.74, 6) is 0.948. The van der Waals surface area contributed by atoms with E-state index in [0.29, 0.717) is 24.9 Å². The maximum atomic E-state index is 10.2. The fraction of sp³-hybridized carbons (Fsp3) is 0.625. The molecule has 0 heterocycles. The number of rotatable bonds is 5. The van der Waals surface area contributed by atoms with Crippen molar-refractivity contribution in [1.29, 1.82) is 0 Å². The summed E-state index contributed by atoms with van der Waals surface area (Å²) in [5.41, 5.74) is 3.08. The largest absolute Gasteiger partial charge is 0.507 e. The molecular formula is C16H24O3. The average molecular weight is 264 g/mol. The van der Waals surface area contributed by atoms with E-state index < -0.39 is 0 Å². The third-order valence-electron chi connectivity index (χ3n) is 3.97. The van der Waals surface area contributed by atoms with Gasteiger partial charge in [0.15, 0.2) is 0 Å². The third kappa shape index (κ3) is 3.48. The highest BCUT2D eigenvalue weighted by atomic mass is 16.5. The van der Waals surface area contributed by atoms with Crippen molar-refractivity contribution in [2.24, 2.45) is 0 Å². The van der Waals surface area contributed by atoms with Crippen LogP contribution in [-0.4, -0.2) is 19.3 Å². The highest BCUT2D eigenvalue weighted by molar-refractivity contribution is 5.44. The van der Waals surface area contributed by atoms with E-state index >= 15 is 0 Å². The molecule has 3 heteroatoms. The SMILES string of the molecule is COCc1cc(C2CCCCC2)cc(COC)c1O. The lowest BCUT2D eigenvalue weighted by molar-refractivity contribution is 0.174. The van der Waals surface area contributed by atoms with Crippen LogP contribution in [0.3, 0.4) is 0 Å². The lowest BCUT2D eigenvalue weighted by Crippen LogP contribution is -2.07. The van der Waals surface area contributed by atoms with Crippen molar-refractivity contribution < 1.29 is 14.6 Å². The van der Waals surface area contributed by atoms with Gasteiger partial charge < -0.3 is 14.6 Å². The molecule has 0 atom stereocenters. The zero-order valence-electron chi connectivity index (χ0n) is 11.9. The van der Waals surface area contributed by atoms with Gasteiger partial charge in [-0.2, -0.15) is 0 Å². The molecule has 0 spiro atoms. The smallest absolute Gasteiger partial charge is 0.126 e. The minimum atomic E-state index is 0.322. The monoisotopic (exact) mass is 264 g/mol. The first-order chi connectivity index (χ1) is 9.26. The van der Waals surface area contributed by atoms with Gasteiger partial charge in [0, 0.05) is 25.3 Å². The molecule has 0 aromatic heterocycles. The van der Waals surface area contributed by atoms with Crippen molar-refractivity contribution in [3.63, 3.8) is 0 Å². The van der Waals surface area contributed by atoms with Gasteiger partial charge in [0.1, 0.15) is 5.75 Å². The summed E-state index contributed by atoms with van der Waals surface area (Å²) in [6.07, 6.45) is 6.48. The van der Waals surface area contributed by atoms with Crippen LogP contribution in [0.4, 0.5) is 0 Å². The first-order valence-corrected chi connectivity index (χ1v) is 7.08. The summed E-state index contributed by atoms with van der Waals surface area (Å²) >= 11 is 0. The number of ether oxygens (including phenoxy) is 2. The first-order valence-electron chi connectivity index (χ1n) is 7.08. The van der Waals surface area contributed by atoms with Gasteiger partial charge in [0.2, 0.25) is 0 Å². The van der Waals surface area contributed by atoms with Crippen molar-refractivity contribution in [2.45, 2.75) is 51.2 Å². The van der Waals surface area contributed by atoms with Gasteiger partial charge >= 0.3 is 0 Å². The molecule has 3 nitrogen and oxygen atoms in total. The van der Waals surface area contributed by atoms with Crippen molar-refractivity contribution in [3.05, 3.63) is 28.8 Å². The standard InChI is InChI=1S/C16H24O3/c1-18-10-14-8-13(12-6-4-3-5-7-12)9-15(11-19-2)16(14)17/h8-9,12,17H,3-7,10-11H2,1-2H3. The van der Waals surface area contributed by atoms with Crippen LogP contribution >= 0.6 is 0 Å². The minimum Gasteiger partial charge on any atom is -0.507 e. The molecule has 1 saturated carbocycles. The Morgan fingerprint density at radius 1 is 1.00 bits per heavy atom. The van der Waals surface area contributed by atoms with Gasteiger partial charge in [-0.05, 0) is 36.5 Å². The molecule has 19 heavy (non-hydrogen) atoms. The third-order valence-corrected chi connectivity index (χ3v) is 3.97. The fourth-order valence-electron chi connectivity index (χ4n) is 2.99. The van der Waals surface area contributed by atoms with Gasteiger partial charge in [0.05, 0.1) is 13.2 Å². The molecular weight excluding hydrogens is 240 g/mol. The Kier molecular flexibility index (Phi) is 5.23. The molecule has 1 aromatic rings. The van der Waals surface area contributed by atoms with Crippen LogP contribution in [0.2, 0.25) is 0 Å². The van der Waals surface area contributed by atoms with Crippen molar-refractivity contribution in [3.8, 4) is 5.75 Å². The molecule has 0 amide bonds. The number of phenols is 1. The summed E-state index contributed by atoms with van der Waals surface area (Å²) in [5, 5.41) is 10.2. The molecule has 0 bridgehead atoms. The van der Waals surface area contributed by atoms with E-state index in [9.17, 15) is 5.11 Å². The number of methoxy groups -OCH3 is 2. The van der Waals surface area contributed by atoms with Crippen LogP contribution in [0.15, 0.2) is 12.1 Å². The summed E-state index contributed by atoms with van der Waals surface area (Å²) in [6, 6.07) is 4.21.